The molecule has 0 aliphatic carbocycles. The van der Waals surface area contributed by atoms with E-state index in [0.717, 1.165) is 26.2 Å². The van der Waals surface area contributed by atoms with E-state index in [2.05, 4.69) is 37.0 Å². The van der Waals surface area contributed by atoms with Crippen molar-refractivity contribution < 1.29 is 4.52 Å². The van der Waals surface area contributed by atoms with Crippen molar-refractivity contribution in [3.8, 4) is 0 Å². The van der Waals surface area contributed by atoms with Gasteiger partial charge in [0.25, 0.3) is 0 Å². The lowest BCUT2D eigenvalue weighted by Crippen LogP contribution is -2.31. The Hall–Kier alpha value is 0.310. The molecule has 0 aliphatic rings. The van der Waals surface area contributed by atoms with Crippen molar-refractivity contribution in [2.75, 3.05) is 33.3 Å². The first-order valence-corrected chi connectivity index (χ1v) is 8.25. The van der Waals surface area contributed by atoms with E-state index in [0.29, 0.717) is 0 Å². The first-order valence-electron chi connectivity index (χ1n) is 7.08. The normalized spacial score (nSPS) is 12.0. The molecule has 0 aromatic carbocycles. The van der Waals surface area contributed by atoms with Gasteiger partial charge in [0.1, 0.15) is 0 Å². The van der Waals surface area contributed by atoms with Gasteiger partial charge in [-0.1, -0.05) is 27.7 Å². The van der Waals surface area contributed by atoms with Crippen molar-refractivity contribution in [2.24, 2.45) is 0 Å². The zero-order chi connectivity index (χ0) is 13.1. The van der Waals surface area contributed by atoms with Gasteiger partial charge in [-0.25, -0.2) is 9.34 Å². The summed E-state index contributed by atoms with van der Waals surface area (Å²) in [5, 5.41) is 0. The van der Waals surface area contributed by atoms with Gasteiger partial charge in [-0.2, -0.15) is 0 Å². The van der Waals surface area contributed by atoms with Gasteiger partial charge >= 0.3 is 0 Å². The summed E-state index contributed by atoms with van der Waals surface area (Å²) in [7, 11) is 1.32. The van der Waals surface area contributed by atoms with Crippen LogP contribution in [0.2, 0.25) is 0 Å². The van der Waals surface area contributed by atoms with Crippen LogP contribution in [0, 0.1) is 0 Å². The molecule has 0 bridgehead atoms. The van der Waals surface area contributed by atoms with Crippen molar-refractivity contribution in [1.82, 2.24) is 9.34 Å². The molecule has 0 heterocycles. The second kappa shape index (κ2) is 11.4. The van der Waals surface area contributed by atoms with E-state index < -0.39 is 8.45 Å². The van der Waals surface area contributed by atoms with Crippen LogP contribution < -0.4 is 0 Å². The fraction of sp³-hybridized carbons (Fsp3) is 1.00. The van der Waals surface area contributed by atoms with Crippen molar-refractivity contribution in [3.63, 3.8) is 0 Å². The maximum Gasteiger partial charge on any atom is 0.187 e. The van der Waals surface area contributed by atoms with E-state index in [1.165, 1.54) is 25.7 Å². The molecular weight excluding hydrogens is 231 g/mol. The maximum absolute atomic E-state index is 5.80. The zero-order valence-electron chi connectivity index (χ0n) is 12.4. The summed E-state index contributed by atoms with van der Waals surface area (Å²) in [6, 6.07) is 0. The summed E-state index contributed by atoms with van der Waals surface area (Å²) in [4.78, 5) is 0. The quantitative estimate of drug-likeness (QED) is 0.521. The van der Waals surface area contributed by atoms with Gasteiger partial charge in [0, 0.05) is 33.3 Å². The Balaban J connectivity index is 4.55. The summed E-state index contributed by atoms with van der Waals surface area (Å²) < 4.78 is 10.9. The van der Waals surface area contributed by atoms with Crippen molar-refractivity contribution in [1.29, 1.82) is 0 Å². The number of rotatable bonds is 11. The molecule has 0 amide bonds. The van der Waals surface area contributed by atoms with Crippen LogP contribution in [0.4, 0.5) is 0 Å². The first kappa shape index (κ1) is 17.3. The Morgan fingerprint density at radius 1 is 0.706 bits per heavy atom. The third-order valence-electron chi connectivity index (χ3n) is 2.57. The third-order valence-corrected chi connectivity index (χ3v) is 4.67. The monoisotopic (exact) mass is 262 g/mol. The summed E-state index contributed by atoms with van der Waals surface area (Å²) in [6.45, 7) is 13.6. The molecule has 0 aromatic rings. The molecule has 104 valence electrons. The molecule has 0 N–H and O–H groups in total. The molecule has 0 saturated heterocycles. The Morgan fingerprint density at radius 3 is 1.18 bits per heavy atom. The summed E-state index contributed by atoms with van der Waals surface area (Å²) in [5.74, 6) is 0. The Bertz CT molecular complexity index is 141. The molecule has 3 nitrogen and oxygen atoms in total. The fourth-order valence-corrected chi connectivity index (χ4v) is 4.31. The van der Waals surface area contributed by atoms with E-state index in [9.17, 15) is 0 Å². The van der Waals surface area contributed by atoms with Gasteiger partial charge in [0.15, 0.2) is 8.45 Å². The molecule has 0 spiro atoms. The van der Waals surface area contributed by atoms with E-state index in [1.807, 2.05) is 7.11 Å². The summed E-state index contributed by atoms with van der Waals surface area (Å²) >= 11 is 0. The van der Waals surface area contributed by atoms with Crippen LogP contribution in [0.15, 0.2) is 0 Å². The lowest BCUT2D eigenvalue weighted by atomic mass is 10.4. The molecule has 4 heteroatoms. The zero-order valence-corrected chi connectivity index (χ0v) is 13.3. The first-order chi connectivity index (χ1) is 8.24. The van der Waals surface area contributed by atoms with Gasteiger partial charge < -0.3 is 4.52 Å². The van der Waals surface area contributed by atoms with Gasteiger partial charge in [-0.05, 0) is 25.7 Å². The van der Waals surface area contributed by atoms with Gasteiger partial charge in [-0.15, -0.1) is 0 Å². The smallest absolute Gasteiger partial charge is 0.187 e. The van der Waals surface area contributed by atoms with Crippen LogP contribution >= 0.6 is 8.45 Å². The topological polar surface area (TPSA) is 15.7 Å². The minimum absolute atomic E-state index is 0.542. The van der Waals surface area contributed by atoms with E-state index in [1.54, 1.807) is 0 Å². The number of nitrogens with zero attached hydrogens (tertiary/aromatic N) is 2. The lowest BCUT2D eigenvalue weighted by molar-refractivity contribution is 0.291. The van der Waals surface area contributed by atoms with Crippen molar-refractivity contribution in [3.05, 3.63) is 0 Å². The van der Waals surface area contributed by atoms with Gasteiger partial charge in [0.2, 0.25) is 0 Å². The molecule has 0 fully saturated rings. The number of hydrogen-bond acceptors (Lipinski definition) is 3. The van der Waals surface area contributed by atoms with Crippen LogP contribution in [0.25, 0.3) is 0 Å². The van der Waals surface area contributed by atoms with Gasteiger partial charge in [-0.3, -0.25) is 0 Å². The Kier molecular flexibility index (Phi) is 11.6. The molecular formula is C13H31N2OP. The van der Waals surface area contributed by atoms with E-state index >= 15 is 0 Å². The average molecular weight is 262 g/mol. The standard InChI is InChI=1S/C13H31N2OP/c1-6-10-14(11-7-2)17(16-5)15(12-8-3)13-9-4/h6-13H2,1-5H3. The van der Waals surface area contributed by atoms with Crippen LogP contribution in [0.3, 0.4) is 0 Å². The van der Waals surface area contributed by atoms with Gasteiger partial charge in [0.05, 0.1) is 0 Å². The molecule has 0 aromatic heterocycles. The second-order valence-electron chi connectivity index (χ2n) is 4.34. The summed E-state index contributed by atoms with van der Waals surface area (Å²) in [6.07, 6.45) is 4.81. The second-order valence-corrected chi connectivity index (χ2v) is 6.34. The molecule has 0 atom stereocenters. The van der Waals surface area contributed by atoms with Crippen LogP contribution in [0.5, 0.6) is 0 Å². The molecule has 0 aliphatic heterocycles. The highest BCUT2D eigenvalue weighted by atomic mass is 31.2. The average Bonchev–Trinajstić information content (AvgIpc) is 2.31. The van der Waals surface area contributed by atoms with Crippen LogP contribution in [-0.2, 0) is 4.52 Å². The predicted octanol–water partition coefficient (Wildman–Crippen LogP) is 4.10. The Labute approximate surface area is 109 Å². The van der Waals surface area contributed by atoms with Crippen molar-refractivity contribution >= 4 is 8.45 Å². The SMILES string of the molecule is CCCN(CCC)P(OC)N(CCC)CCC. The minimum atomic E-state index is -0.542. The van der Waals surface area contributed by atoms with Crippen molar-refractivity contribution in [2.45, 2.75) is 53.4 Å². The summed E-state index contributed by atoms with van der Waals surface area (Å²) in [5.41, 5.74) is 0. The fourth-order valence-electron chi connectivity index (χ4n) is 2.01. The highest BCUT2D eigenvalue weighted by Gasteiger charge is 2.23. The minimum Gasteiger partial charge on any atom is -0.335 e. The lowest BCUT2D eigenvalue weighted by Gasteiger charge is -2.37. The number of hydrogen-bond donors (Lipinski definition) is 0. The highest BCUT2D eigenvalue weighted by molar-refractivity contribution is 7.47. The van der Waals surface area contributed by atoms with E-state index in [4.69, 9.17) is 4.52 Å². The van der Waals surface area contributed by atoms with E-state index in [-0.39, 0.29) is 0 Å². The molecule has 17 heavy (non-hydrogen) atoms. The molecule has 0 radical (unpaired) electrons. The van der Waals surface area contributed by atoms with Crippen LogP contribution in [0.1, 0.15) is 53.4 Å². The molecule has 0 rings (SSSR count). The largest absolute Gasteiger partial charge is 0.335 e. The predicted molar refractivity (Wildman–Crippen MR) is 78.2 cm³/mol. The third kappa shape index (κ3) is 6.71. The Morgan fingerprint density at radius 2 is 1.00 bits per heavy atom. The highest BCUT2D eigenvalue weighted by Crippen LogP contribution is 2.44. The molecule has 0 unspecified atom stereocenters. The molecule has 0 saturated carbocycles. The maximum atomic E-state index is 5.80. The van der Waals surface area contributed by atoms with Crippen LogP contribution in [-0.4, -0.2) is 42.6 Å².